The first-order valence-corrected chi connectivity index (χ1v) is 13.0. The second-order valence-corrected chi connectivity index (χ2v) is 9.33. The minimum atomic E-state index is -3.81. The average molecular weight is 527 g/mol. The van der Waals surface area contributed by atoms with E-state index in [9.17, 15) is 13.6 Å². The molecule has 1 atom stereocenters. The van der Waals surface area contributed by atoms with Crippen LogP contribution in [-0.2, 0) is 10.7 Å². The maximum atomic E-state index is 12.8. The number of rotatable bonds is 10. The van der Waals surface area contributed by atoms with Crippen LogP contribution in [0.1, 0.15) is 30.6 Å². The molecule has 0 bridgehead atoms. The van der Waals surface area contributed by atoms with Gasteiger partial charge in [-0.1, -0.05) is 13.8 Å². The van der Waals surface area contributed by atoms with E-state index in [4.69, 9.17) is 16.4 Å². The largest absolute Gasteiger partial charge is 0.487 e. The number of aromatic nitrogens is 3. The van der Waals surface area contributed by atoms with Crippen molar-refractivity contribution >= 4 is 39.7 Å². The van der Waals surface area contributed by atoms with Crippen molar-refractivity contribution in [3.05, 3.63) is 54.4 Å². The number of pyridine rings is 1. The summed E-state index contributed by atoms with van der Waals surface area (Å²) in [5, 5.41) is 9.59. The van der Waals surface area contributed by atoms with Gasteiger partial charge in [0.15, 0.2) is 0 Å². The Kier molecular flexibility index (Phi) is 10.6. The quantitative estimate of drug-likeness (QED) is 0.291. The van der Waals surface area contributed by atoms with Gasteiger partial charge in [-0.2, -0.15) is 5.10 Å². The fourth-order valence-corrected chi connectivity index (χ4v) is 3.71. The van der Waals surface area contributed by atoms with E-state index in [0.717, 1.165) is 12.2 Å². The minimum absolute atomic E-state index is 0.135. The molecule has 2 aromatic heterocycles. The van der Waals surface area contributed by atoms with E-state index in [1.165, 1.54) is 30.5 Å². The van der Waals surface area contributed by atoms with Crippen molar-refractivity contribution < 1.29 is 18.3 Å². The van der Waals surface area contributed by atoms with Crippen LogP contribution in [-0.4, -0.2) is 52.3 Å². The van der Waals surface area contributed by atoms with Crippen molar-refractivity contribution in [3.8, 4) is 17.0 Å². The first-order valence-electron chi connectivity index (χ1n) is 10.8. The Labute approximate surface area is 210 Å². The molecule has 0 saturated carbocycles. The first-order chi connectivity index (χ1) is 16.6. The van der Waals surface area contributed by atoms with Gasteiger partial charge in [-0.05, 0) is 49.1 Å². The van der Waals surface area contributed by atoms with Gasteiger partial charge in [0.05, 0.1) is 11.3 Å². The molecule has 1 aromatic carbocycles. The molecule has 1 amide bonds. The lowest BCUT2D eigenvalue weighted by atomic mass is 10.1. The number of halogens is 3. The molecule has 0 saturated heterocycles. The molecular formula is C23H29ClF2N6O2S. The molecule has 0 aliphatic rings. The topological polar surface area (TPSA) is 107 Å². The van der Waals surface area contributed by atoms with Gasteiger partial charge in [-0.15, -0.1) is 19.5 Å². The summed E-state index contributed by atoms with van der Waals surface area (Å²) in [6.45, 7) is 4.71. The van der Waals surface area contributed by atoms with E-state index in [2.05, 4.69) is 25.2 Å². The van der Waals surface area contributed by atoms with Crippen LogP contribution in [0.15, 0.2) is 48.8 Å². The highest BCUT2D eigenvalue weighted by Crippen LogP contribution is 2.29. The number of alkyl halides is 3. The number of H-pyrrole nitrogens is 1. The maximum Gasteiger partial charge on any atom is 0.487 e. The molecule has 0 aliphatic carbocycles. The molecule has 190 valence electrons. The molecule has 0 fully saturated rings. The number of carbonyl (C=O) groups excluding carboxylic acids is 1. The molecule has 3 aromatic rings. The zero-order chi connectivity index (χ0) is 26.0. The smallest absolute Gasteiger partial charge is 0.420 e. The molecule has 2 heterocycles. The molecule has 0 spiro atoms. The van der Waals surface area contributed by atoms with Gasteiger partial charge in [0.2, 0.25) is 0 Å². The number of nitrogens with zero attached hydrogens (tertiary/aromatic N) is 3. The second-order valence-electron chi connectivity index (χ2n) is 7.21. The van der Waals surface area contributed by atoms with Crippen molar-refractivity contribution in [2.75, 3.05) is 35.8 Å². The Morgan fingerprint density at radius 1 is 1.29 bits per heavy atom. The number of amides is 1. The van der Waals surface area contributed by atoms with E-state index in [1.54, 1.807) is 18.3 Å². The van der Waals surface area contributed by atoms with Crippen LogP contribution in [0.2, 0.25) is 0 Å². The van der Waals surface area contributed by atoms with Crippen LogP contribution in [0, 0.1) is 4.78 Å². The van der Waals surface area contributed by atoms with Crippen LogP contribution >= 0.6 is 11.6 Å². The second kappa shape index (κ2) is 13.1. The number of hydrogen-bond donors (Lipinski definition) is 3. The fraction of sp³-hybridized carbons (Fsp3) is 0.348. The summed E-state index contributed by atoms with van der Waals surface area (Å²) in [6.07, 6.45) is 5.82. The summed E-state index contributed by atoms with van der Waals surface area (Å²) in [7, 11) is 1.53. The van der Waals surface area contributed by atoms with Crippen molar-refractivity contribution in [1.82, 2.24) is 15.2 Å². The zero-order valence-corrected chi connectivity index (χ0v) is 21.5. The lowest BCUT2D eigenvalue weighted by Gasteiger charge is -2.21. The summed E-state index contributed by atoms with van der Waals surface area (Å²) in [6, 6.07) is 8.90. The lowest BCUT2D eigenvalue weighted by molar-refractivity contribution is -0.0964. The predicted molar refractivity (Wildman–Crippen MR) is 138 cm³/mol. The number of nitrogens with one attached hydrogen (secondary N) is 3. The fourth-order valence-electron chi connectivity index (χ4n) is 3.06. The van der Waals surface area contributed by atoms with Crippen LogP contribution < -0.4 is 15.0 Å². The zero-order valence-electron chi connectivity index (χ0n) is 19.9. The van der Waals surface area contributed by atoms with Gasteiger partial charge in [0, 0.05) is 54.6 Å². The van der Waals surface area contributed by atoms with Crippen molar-refractivity contribution in [3.63, 3.8) is 0 Å². The predicted octanol–water partition coefficient (Wildman–Crippen LogP) is 5.75. The standard InChI is InChI=1S/C21H23ClF2N6O2S.C2H6/c1-30(10-3-11-33(2)25)19-17(18-8-9-27-29-18)12-14(13-26-19)20(31)28-15-4-6-16(7-5-15)32-21(22,23)24;1-2/h4-9,12-13,25H,3,10-11H2,1-2H3,(H,27,29)(H,28,31);1-2H3. The molecule has 1 unspecified atom stereocenters. The van der Waals surface area contributed by atoms with Crippen molar-refractivity contribution in [2.45, 2.75) is 25.8 Å². The van der Waals surface area contributed by atoms with Crippen LogP contribution in [0.4, 0.5) is 20.3 Å². The normalized spacial score (nSPS) is 11.7. The van der Waals surface area contributed by atoms with Gasteiger partial charge < -0.3 is 15.0 Å². The highest BCUT2D eigenvalue weighted by molar-refractivity contribution is 7.85. The van der Waals surface area contributed by atoms with E-state index >= 15 is 0 Å². The van der Waals surface area contributed by atoms with Gasteiger partial charge in [-0.3, -0.25) is 14.7 Å². The number of benzene rings is 1. The first kappa shape index (κ1) is 28.2. The lowest BCUT2D eigenvalue weighted by Crippen LogP contribution is -2.22. The highest BCUT2D eigenvalue weighted by Gasteiger charge is 2.27. The number of aromatic amines is 1. The molecule has 0 radical (unpaired) electrons. The Balaban J connectivity index is 0.00000210. The van der Waals surface area contributed by atoms with Gasteiger partial charge >= 0.3 is 5.57 Å². The Morgan fingerprint density at radius 3 is 2.54 bits per heavy atom. The SMILES string of the molecule is CC.CN(CCCS(C)=N)c1ncc(C(=O)Nc2ccc(OC(F)(F)Cl)cc2)cc1-c1ccn[nH]1. The van der Waals surface area contributed by atoms with E-state index in [-0.39, 0.29) is 16.4 Å². The van der Waals surface area contributed by atoms with Gasteiger partial charge in [-0.25, -0.2) is 4.98 Å². The third kappa shape index (κ3) is 8.91. The Morgan fingerprint density at radius 2 is 1.97 bits per heavy atom. The minimum Gasteiger partial charge on any atom is -0.420 e. The van der Waals surface area contributed by atoms with E-state index in [0.29, 0.717) is 34.9 Å². The van der Waals surface area contributed by atoms with Gasteiger partial charge in [0.25, 0.3) is 5.91 Å². The summed E-state index contributed by atoms with van der Waals surface area (Å²) in [5.74, 6) is 0.929. The molecular weight excluding hydrogens is 498 g/mol. The monoisotopic (exact) mass is 526 g/mol. The number of anilines is 2. The van der Waals surface area contributed by atoms with Crippen LogP contribution in [0.25, 0.3) is 11.3 Å². The maximum absolute atomic E-state index is 12.8. The Bertz CT molecular complexity index is 1110. The molecule has 35 heavy (non-hydrogen) atoms. The Hall–Kier alpha value is -3.05. The molecule has 3 N–H and O–H groups in total. The summed E-state index contributed by atoms with van der Waals surface area (Å²) >= 11 is 4.75. The van der Waals surface area contributed by atoms with Gasteiger partial charge in [0.1, 0.15) is 11.6 Å². The van der Waals surface area contributed by atoms with E-state index in [1.807, 2.05) is 32.1 Å². The van der Waals surface area contributed by atoms with Crippen molar-refractivity contribution in [1.29, 1.82) is 4.78 Å². The molecule has 12 heteroatoms. The summed E-state index contributed by atoms with van der Waals surface area (Å²) < 4.78 is 37.4. The molecule has 8 nitrogen and oxygen atoms in total. The number of hydrogen-bond acceptors (Lipinski definition) is 6. The number of ether oxygens (including phenoxy) is 1. The third-order valence-electron chi connectivity index (χ3n) is 4.57. The molecule has 3 rings (SSSR count). The summed E-state index contributed by atoms with van der Waals surface area (Å²) in [4.78, 5) is 19.3. The van der Waals surface area contributed by atoms with Crippen LogP contribution in [0.5, 0.6) is 5.75 Å². The third-order valence-corrected chi connectivity index (χ3v) is 5.55. The average Bonchev–Trinajstić information content (AvgIpc) is 3.35. The molecule has 0 aliphatic heterocycles. The van der Waals surface area contributed by atoms with E-state index < -0.39 is 11.5 Å². The highest BCUT2D eigenvalue weighted by atomic mass is 35.5. The van der Waals surface area contributed by atoms with Crippen molar-refractivity contribution in [2.24, 2.45) is 0 Å². The summed E-state index contributed by atoms with van der Waals surface area (Å²) in [5.41, 5.74) is -1.70. The number of carbonyl (C=O) groups is 1. The van der Waals surface area contributed by atoms with Crippen LogP contribution in [0.3, 0.4) is 0 Å².